The van der Waals surface area contributed by atoms with E-state index < -0.39 is 54.1 Å². The number of hydrogen-bond acceptors (Lipinski definition) is 8. The van der Waals surface area contributed by atoms with Crippen LogP contribution in [-0.2, 0) is 24.0 Å². The van der Waals surface area contributed by atoms with Crippen LogP contribution < -0.4 is 38.9 Å². The zero-order chi connectivity index (χ0) is 23.3. The summed E-state index contributed by atoms with van der Waals surface area (Å²) in [7, 11) is 0. The van der Waals surface area contributed by atoms with Gasteiger partial charge in [0, 0.05) is 12.3 Å². The molecule has 0 fully saturated rings. The fourth-order valence-corrected chi connectivity index (χ4v) is 2.42. The minimum absolute atomic E-state index is 0.0130. The van der Waals surface area contributed by atoms with Gasteiger partial charge in [-0.25, -0.2) is 4.79 Å². The third-order valence-corrected chi connectivity index (χ3v) is 3.98. The standard InChI is InChI=1S/C15H28N8O6S/c16-5-11(25)21-9(6-30)13(27)23-8(4-10(17)24)12(26)22-7(14(28)29)2-1-3-20-15(18)19/h7-9,30H,1-6,16H2,(H2,17,24)(H,21,25)(H,22,26)(H,23,27)(H,28,29)(H4,18,19,20). The molecule has 0 saturated heterocycles. The number of thiol groups is 1. The Balaban J connectivity index is 5.15. The average molecular weight is 449 g/mol. The van der Waals surface area contributed by atoms with Crippen LogP contribution >= 0.6 is 12.6 Å². The Morgan fingerprint density at radius 3 is 1.97 bits per heavy atom. The molecule has 0 aromatic rings. The molecule has 170 valence electrons. The molecule has 3 atom stereocenters. The number of carbonyl (C=O) groups excluding carboxylic acids is 4. The molecule has 3 unspecified atom stereocenters. The SMILES string of the molecule is NCC(=O)NC(CS)C(=O)NC(CC(N)=O)C(=O)NC(CCCN=C(N)N)C(=O)O. The first-order chi connectivity index (χ1) is 14.0. The van der Waals surface area contributed by atoms with Gasteiger partial charge in [-0.2, -0.15) is 12.6 Å². The van der Waals surface area contributed by atoms with Gasteiger partial charge in [-0.15, -0.1) is 0 Å². The van der Waals surface area contributed by atoms with Crippen LogP contribution in [0, 0.1) is 0 Å². The van der Waals surface area contributed by atoms with E-state index >= 15 is 0 Å². The number of rotatable bonds is 14. The quantitative estimate of drug-likeness (QED) is 0.0534. The molecule has 12 N–H and O–H groups in total. The molecule has 0 aliphatic heterocycles. The number of hydrogen-bond donors (Lipinski definition) is 9. The summed E-state index contributed by atoms with van der Waals surface area (Å²) in [6.07, 6.45) is -0.363. The van der Waals surface area contributed by atoms with Crippen molar-refractivity contribution in [1.29, 1.82) is 0 Å². The fraction of sp³-hybridized carbons (Fsp3) is 0.600. The van der Waals surface area contributed by atoms with Crippen molar-refractivity contribution in [3.8, 4) is 0 Å². The van der Waals surface area contributed by atoms with Crippen LogP contribution in [0.3, 0.4) is 0 Å². The summed E-state index contributed by atoms with van der Waals surface area (Å²) < 4.78 is 0. The van der Waals surface area contributed by atoms with Crippen molar-refractivity contribution in [2.45, 2.75) is 37.4 Å². The van der Waals surface area contributed by atoms with Gasteiger partial charge in [0.2, 0.25) is 23.6 Å². The molecule has 4 amide bonds. The van der Waals surface area contributed by atoms with Crippen molar-refractivity contribution in [1.82, 2.24) is 16.0 Å². The van der Waals surface area contributed by atoms with Crippen molar-refractivity contribution in [2.24, 2.45) is 27.9 Å². The number of nitrogens with two attached hydrogens (primary N) is 4. The Hall–Kier alpha value is -3.07. The van der Waals surface area contributed by atoms with Crippen molar-refractivity contribution < 1.29 is 29.1 Å². The zero-order valence-electron chi connectivity index (χ0n) is 16.2. The summed E-state index contributed by atoms with van der Waals surface area (Å²) in [5, 5.41) is 16.0. The van der Waals surface area contributed by atoms with Gasteiger partial charge < -0.3 is 44.0 Å². The molecular weight excluding hydrogens is 420 g/mol. The molecule has 0 aromatic carbocycles. The minimum atomic E-state index is -1.47. The van der Waals surface area contributed by atoms with Gasteiger partial charge in [0.1, 0.15) is 18.1 Å². The van der Waals surface area contributed by atoms with Crippen molar-refractivity contribution >= 4 is 48.2 Å². The smallest absolute Gasteiger partial charge is 0.326 e. The number of carbonyl (C=O) groups is 5. The lowest BCUT2D eigenvalue weighted by molar-refractivity contribution is -0.142. The molecule has 0 rings (SSSR count). The van der Waals surface area contributed by atoms with Crippen LogP contribution in [0.1, 0.15) is 19.3 Å². The average Bonchev–Trinajstić information content (AvgIpc) is 2.66. The number of amides is 4. The Morgan fingerprint density at radius 1 is 0.933 bits per heavy atom. The third-order valence-electron chi connectivity index (χ3n) is 3.62. The van der Waals surface area contributed by atoms with E-state index in [-0.39, 0.29) is 37.6 Å². The Morgan fingerprint density at radius 2 is 1.50 bits per heavy atom. The molecule has 0 spiro atoms. The monoisotopic (exact) mass is 448 g/mol. The van der Waals surface area contributed by atoms with Crippen LogP contribution in [0.4, 0.5) is 0 Å². The van der Waals surface area contributed by atoms with Crippen LogP contribution in [0.15, 0.2) is 4.99 Å². The summed E-state index contributed by atoms with van der Waals surface area (Å²) in [6.45, 7) is -0.225. The summed E-state index contributed by atoms with van der Waals surface area (Å²) in [4.78, 5) is 62.5. The van der Waals surface area contributed by atoms with E-state index in [1.54, 1.807) is 0 Å². The van der Waals surface area contributed by atoms with Crippen LogP contribution in [-0.4, -0.2) is 77.6 Å². The highest BCUT2D eigenvalue weighted by Crippen LogP contribution is 2.02. The third kappa shape index (κ3) is 11.1. The van der Waals surface area contributed by atoms with Gasteiger partial charge in [-0.05, 0) is 12.8 Å². The fourth-order valence-electron chi connectivity index (χ4n) is 2.16. The van der Waals surface area contributed by atoms with Crippen molar-refractivity contribution in [2.75, 3.05) is 18.8 Å². The van der Waals surface area contributed by atoms with Crippen molar-refractivity contribution in [3.05, 3.63) is 0 Å². The van der Waals surface area contributed by atoms with Gasteiger partial charge >= 0.3 is 5.97 Å². The zero-order valence-corrected chi connectivity index (χ0v) is 17.1. The minimum Gasteiger partial charge on any atom is -0.480 e. The molecular formula is C15H28N8O6S. The number of carboxylic acids is 1. The molecule has 0 radical (unpaired) electrons. The predicted octanol–water partition coefficient (Wildman–Crippen LogP) is -4.66. The second-order valence-corrected chi connectivity index (χ2v) is 6.45. The maximum atomic E-state index is 12.5. The highest BCUT2D eigenvalue weighted by atomic mass is 32.1. The molecule has 15 heteroatoms. The first kappa shape index (κ1) is 26.9. The van der Waals surface area contributed by atoms with Gasteiger partial charge in [-0.3, -0.25) is 24.2 Å². The van der Waals surface area contributed by atoms with Crippen LogP contribution in [0.2, 0.25) is 0 Å². The van der Waals surface area contributed by atoms with Gasteiger partial charge in [0.25, 0.3) is 0 Å². The first-order valence-electron chi connectivity index (χ1n) is 8.79. The number of nitrogens with zero attached hydrogens (tertiary/aromatic N) is 1. The van der Waals surface area contributed by atoms with Crippen LogP contribution in [0.5, 0.6) is 0 Å². The van der Waals surface area contributed by atoms with E-state index in [1.165, 1.54) is 0 Å². The summed E-state index contributed by atoms with van der Waals surface area (Å²) in [6, 6.07) is -3.93. The summed E-state index contributed by atoms with van der Waals surface area (Å²) >= 11 is 3.94. The van der Waals surface area contributed by atoms with E-state index in [2.05, 4.69) is 33.6 Å². The highest BCUT2D eigenvalue weighted by molar-refractivity contribution is 7.80. The lowest BCUT2D eigenvalue weighted by Crippen LogP contribution is -2.57. The Kier molecular flexibility index (Phi) is 12.6. The number of guanidine groups is 1. The summed E-state index contributed by atoms with van der Waals surface area (Å²) in [5.74, 6) is -4.93. The van der Waals surface area contributed by atoms with Crippen LogP contribution in [0.25, 0.3) is 0 Å². The van der Waals surface area contributed by atoms with E-state index in [9.17, 15) is 29.1 Å². The van der Waals surface area contributed by atoms with E-state index in [0.29, 0.717) is 0 Å². The van der Waals surface area contributed by atoms with E-state index in [0.717, 1.165) is 0 Å². The largest absolute Gasteiger partial charge is 0.480 e. The number of aliphatic imine (C=N–C) groups is 1. The number of carboxylic acid groups (broad SMARTS) is 1. The molecule has 0 bridgehead atoms. The lowest BCUT2D eigenvalue weighted by atomic mass is 10.1. The molecule has 0 saturated carbocycles. The second kappa shape index (κ2) is 14.0. The predicted molar refractivity (Wildman–Crippen MR) is 110 cm³/mol. The summed E-state index contributed by atoms with van der Waals surface area (Å²) in [5.41, 5.74) is 20.6. The molecule has 0 aromatic heterocycles. The lowest BCUT2D eigenvalue weighted by Gasteiger charge is -2.23. The first-order valence-corrected chi connectivity index (χ1v) is 9.42. The molecule has 0 aliphatic rings. The molecule has 30 heavy (non-hydrogen) atoms. The normalized spacial score (nSPS) is 13.3. The number of primary amides is 1. The number of aliphatic carboxylic acids is 1. The van der Waals surface area contributed by atoms with Gasteiger partial charge in [-0.1, -0.05) is 0 Å². The molecule has 0 heterocycles. The Labute approximate surface area is 178 Å². The van der Waals surface area contributed by atoms with Gasteiger partial charge in [0.15, 0.2) is 5.96 Å². The maximum Gasteiger partial charge on any atom is 0.326 e. The highest BCUT2D eigenvalue weighted by Gasteiger charge is 2.30. The topological polar surface area (TPSA) is 258 Å². The Bertz CT molecular complexity index is 670. The molecule has 0 aliphatic carbocycles. The maximum absolute atomic E-state index is 12.5. The van der Waals surface area contributed by atoms with E-state index in [4.69, 9.17) is 22.9 Å². The molecule has 14 nitrogen and oxygen atoms in total. The van der Waals surface area contributed by atoms with Crippen molar-refractivity contribution in [3.63, 3.8) is 0 Å². The second-order valence-electron chi connectivity index (χ2n) is 6.09. The van der Waals surface area contributed by atoms with E-state index in [1.807, 2.05) is 0 Å². The number of nitrogens with one attached hydrogen (secondary N) is 3. The van der Waals surface area contributed by atoms with Gasteiger partial charge in [0.05, 0.1) is 13.0 Å².